The summed E-state index contributed by atoms with van der Waals surface area (Å²) in [6.45, 7) is 6.81. The van der Waals surface area contributed by atoms with Crippen molar-refractivity contribution < 1.29 is 0 Å². The first-order valence-corrected chi connectivity index (χ1v) is 8.82. The van der Waals surface area contributed by atoms with E-state index in [-0.39, 0.29) is 0 Å². The maximum atomic E-state index is 6.07. The van der Waals surface area contributed by atoms with Crippen LogP contribution in [-0.4, -0.2) is 59.6 Å². The molecule has 1 aromatic rings. The fourth-order valence-electron chi connectivity index (χ4n) is 2.70. The van der Waals surface area contributed by atoms with E-state index in [0.717, 1.165) is 36.7 Å². The Morgan fingerprint density at radius 3 is 2.70 bits per heavy atom. The summed E-state index contributed by atoms with van der Waals surface area (Å²) in [5.41, 5.74) is 1.17. The van der Waals surface area contributed by atoms with E-state index < -0.39 is 0 Å². The van der Waals surface area contributed by atoms with Crippen LogP contribution in [0.2, 0.25) is 5.02 Å². The summed E-state index contributed by atoms with van der Waals surface area (Å²) in [7, 11) is 6.30. The van der Waals surface area contributed by atoms with Gasteiger partial charge in [0.25, 0.3) is 0 Å². The molecule has 1 aliphatic rings. The maximum Gasteiger partial charge on any atom is 0.194 e. The highest BCUT2D eigenvalue weighted by atomic mass is 35.5. The summed E-state index contributed by atoms with van der Waals surface area (Å²) in [6.07, 6.45) is 4.60. The summed E-state index contributed by atoms with van der Waals surface area (Å²) >= 11 is 6.07. The molecular weight excluding hydrogens is 310 g/mol. The molecule has 0 bridgehead atoms. The monoisotopic (exact) mass is 339 g/mol. The molecule has 6 heteroatoms. The molecule has 0 aromatic carbocycles. The van der Waals surface area contributed by atoms with Gasteiger partial charge in [0, 0.05) is 44.6 Å². The van der Waals surface area contributed by atoms with Crippen molar-refractivity contribution in [3.8, 4) is 0 Å². The van der Waals surface area contributed by atoms with Gasteiger partial charge in [0.2, 0.25) is 0 Å². The average Bonchev–Trinajstić information content (AvgIpc) is 3.29. The number of nitrogens with zero attached hydrogens (tertiary/aromatic N) is 4. The minimum Gasteiger partial charge on any atom is -0.357 e. The smallest absolute Gasteiger partial charge is 0.194 e. The van der Waals surface area contributed by atoms with Gasteiger partial charge >= 0.3 is 0 Å². The van der Waals surface area contributed by atoms with Gasteiger partial charge in [-0.1, -0.05) is 11.6 Å². The molecule has 1 atom stereocenters. The third-order valence-electron chi connectivity index (χ3n) is 4.49. The number of likely N-dealkylation sites (N-methyl/N-ethyl adjacent to an activating group) is 1. The van der Waals surface area contributed by atoms with Crippen molar-refractivity contribution in [3.05, 3.63) is 23.0 Å². The van der Waals surface area contributed by atoms with Crippen LogP contribution < -0.4 is 5.32 Å². The molecule has 0 radical (unpaired) electrons. The van der Waals surface area contributed by atoms with Gasteiger partial charge in [-0.25, -0.2) is 0 Å². The molecule has 1 saturated carbocycles. The van der Waals surface area contributed by atoms with Crippen molar-refractivity contribution in [3.63, 3.8) is 0 Å². The normalized spacial score (nSPS) is 16.7. The Balaban J connectivity index is 1.97. The summed E-state index contributed by atoms with van der Waals surface area (Å²) in [5.74, 6) is 0.945. The van der Waals surface area contributed by atoms with Gasteiger partial charge in [0.1, 0.15) is 0 Å². The highest BCUT2D eigenvalue weighted by Crippen LogP contribution is 2.26. The lowest BCUT2D eigenvalue weighted by molar-refractivity contribution is 0.252. The van der Waals surface area contributed by atoms with Crippen LogP contribution in [0.25, 0.3) is 0 Å². The van der Waals surface area contributed by atoms with Crippen LogP contribution in [0.4, 0.5) is 0 Å². The first-order valence-electron chi connectivity index (χ1n) is 8.44. The van der Waals surface area contributed by atoms with E-state index in [1.165, 1.54) is 18.5 Å². The van der Waals surface area contributed by atoms with Gasteiger partial charge in [-0.15, -0.1) is 0 Å². The maximum absolute atomic E-state index is 6.07. The topological polar surface area (TPSA) is 35.8 Å². The molecule has 1 fully saturated rings. The molecule has 130 valence electrons. The predicted molar refractivity (Wildman–Crippen MR) is 98.1 cm³/mol. The number of aryl methyl sites for hydroxylation is 1. The van der Waals surface area contributed by atoms with Crippen LogP contribution in [0.5, 0.6) is 0 Å². The minimum absolute atomic E-state index is 0.467. The highest BCUT2D eigenvalue weighted by Gasteiger charge is 2.28. The fourth-order valence-corrected chi connectivity index (χ4v) is 2.97. The van der Waals surface area contributed by atoms with Crippen LogP contribution in [-0.2, 0) is 13.6 Å². The molecule has 2 rings (SSSR count). The predicted octanol–water partition coefficient (Wildman–Crippen LogP) is 2.56. The number of guanidine groups is 1. The molecule has 23 heavy (non-hydrogen) atoms. The summed E-state index contributed by atoms with van der Waals surface area (Å²) in [4.78, 5) is 9.42. The highest BCUT2D eigenvalue weighted by molar-refractivity contribution is 6.30. The van der Waals surface area contributed by atoms with Gasteiger partial charge in [-0.05, 0) is 39.8 Å². The molecule has 1 aromatic heterocycles. The van der Waals surface area contributed by atoms with Crippen molar-refractivity contribution in [2.45, 2.75) is 45.3 Å². The van der Waals surface area contributed by atoms with E-state index in [2.05, 4.69) is 47.6 Å². The molecule has 1 unspecified atom stereocenters. The lowest BCUT2D eigenvalue weighted by atomic mass is 10.3. The van der Waals surface area contributed by atoms with E-state index in [4.69, 9.17) is 16.6 Å². The molecule has 0 saturated heterocycles. The van der Waals surface area contributed by atoms with Crippen LogP contribution in [0.3, 0.4) is 0 Å². The Labute approximate surface area is 145 Å². The van der Waals surface area contributed by atoms with E-state index in [1.807, 2.05) is 19.3 Å². The summed E-state index contributed by atoms with van der Waals surface area (Å²) in [6, 6.07) is 3.24. The molecule has 0 amide bonds. The molecule has 0 aliphatic heterocycles. The van der Waals surface area contributed by atoms with E-state index in [1.54, 1.807) is 0 Å². The molecule has 1 N–H and O–H groups in total. The summed E-state index contributed by atoms with van der Waals surface area (Å²) in [5, 5.41) is 4.16. The van der Waals surface area contributed by atoms with Crippen LogP contribution >= 0.6 is 11.6 Å². The van der Waals surface area contributed by atoms with Crippen molar-refractivity contribution in [2.75, 3.05) is 27.2 Å². The quantitative estimate of drug-likeness (QED) is 0.612. The lowest BCUT2D eigenvalue weighted by Gasteiger charge is -2.25. The van der Waals surface area contributed by atoms with Gasteiger partial charge < -0.3 is 14.8 Å². The second-order valence-corrected chi connectivity index (χ2v) is 6.99. The zero-order valence-corrected chi connectivity index (χ0v) is 15.8. The van der Waals surface area contributed by atoms with Gasteiger partial charge in [-0.3, -0.25) is 9.89 Å². The third kappa shape index (κ3) is 5.15. The van der Waals surface area contributed by atoms with Gasteiger partial charge in [-0.2, -0.15) is 0 Å². The SMILES string of the molecule is CCNC(=NCC(C)N(C)C1CC1)N(C)Cc1cc(Cl)cn1C. The number of halogens is 1. The zero-order chi connectivity index (χ0) is 17.0. The van der Waals surface area contributed by atoms with Crippen molar-refractivity contribution in [1.82, 2.24) is 19.7 Å². The van der Waals surface area contributed by atoms with Crippen LogP contribution in [0.1, 0.15) is 32.4 Å². The largest absolute Gasteiger partial charge is 0.357 e. The Bertz CT molecular complexity index is 535. The standard InChI is InChI=1S/C17H30ClN5/c1-6-19-17(20-10-13(2)23(5)15-7-8-15)22(4)12-16-9-14(18)11-21(16)3/h9,11,13,15H,6-8,10,12H2,1-5H3,(H,19,20). The molecular formula is C17H30ClN5. The molecule has 1 aliphatic carbocycles. The lowest BCUT2D eigenvalue weighted by Crippen LogP contribution is -2.40. The Morgan fingerprint density at radius 2 is 2.17 bits per heavy atom. The van der Waals surface area contributed by atoms with Crippen LogP contribution in [0.15, 0.2) is 17.3 Å². The van der Waals surface area contributed by atoms with Crippen molar-refractivity contribution >= 4 is 17.6 Å². The minimum atomic E-state index is 0.467. The number of hydrogen-bond acceptors (Lipinski definition) is 2. The van der Waals surface area contributed by atoms with Crippen LogP contribution in [0, 0.1) is 0 Å². The Morgan fingerprint density at radius 1 is 1.48 bits per heavy atom. The second kappa shape index (κ2) is 8.06. The summed E-state index contributed by atoms with van der Waals surface area (Å²) < 4.78 is 2.06. The number of hydrogen-bond donors (Lipinski definition) is 1. The number of rotatable bonds is 7. The van der Waals surface area contributed by atoms with E-state index in [0.29, 0.717) is 6.04 Å². The second-order valence-electron chi connectivity index (χ2n) is 6.56. The zero-order valence-electron chi connectivity index (χ0n) is 15.0. The average molecular weight is 340 g/mol. The van der Waals surface area contributed by atoms with Gasteiger partial charge in [0.15, 0.2) is 5.96 Å². The molecule has 1 heterocycles. The Hall–Kier alpha value is -1.20. The fraction of sp³-hybridized carbons (Fsp3) is 0.706. The van der Waals surface area contributed by atoms with E-state index in [9.17, 15) is 0 Å². The first-order chi connectivity index (χ1) is 10.9. The van der Waals surface area contributed by atoms with Gasteiger partial charge in [0.05, 0.1) is 18.1 Å². The number of nitrogens with one attached hydrogen (secondary N) is 1. The number of aliphatic imine (C=N–C) groups is 1. The van der Waals surface area contributed by atoms with E-state index >= 15 is 0 Å². The molecule has 0 spiro atoms. The Kier molecular flexibility index (Phi) is 6.36. The number of aromatic nitrogens is 1. The van der Waals surface area contributed by atoms with Crippen molar-refractivity contribution in [1.29, 1.82) is 0 Å². The van der Waals surface area contributed by atoms with Crippen molar-refractivity contribution in [2.24, 2.45) is 12.0 Å². The molecule has 5 nitrogen and oxygen atoms in total. The first kappa shape index (κ1) is 18.1. The third-order valence-corrected chi connectivity index (χ3v) is 4.70.